The molecule has 0 aliphatic carbocycles. The lowest BCUT2D eigenvalue weighted by atomic mass is 10.0. The first-order valence-electron chi connectivity index (χ1n) is 6.75. The van der Waals surface area contributed by atoms with Crippen molar-refractivity contribution in [2.75, 3.05) is 39.4 Å². The Hall–Kier alpha value is -0.120. The van der Waals surface area contributed by atoms with Crippen molar-refractivity contribution in [2.45, 2.75) is 39.7 Å². The monoisotopic (exact) mass is 228 g/mol. The largest absolute Gasteiger partial charge is 0.380 e. The predicted molar refractivity (Wildman–Crippen MR) is 68.8 cm³/mol. The zero-order chi connectivity index (χ0) is 11.8. The second kappa shape index (κ2) is 8.04. The second-order valence-electron chi connectivity index (χ2n) is 5.13. The van der Waals surface area contributed by atoms with Crippen LogP contribution in [0.15, 0.2) is 0 Å². The molecule has 1 rings (SSSR count). The van der Waals surface area contributed by atoms with E-state index in [9.17, 15) is 0 Å². The van der Waals surface area contributed by atoms with Gasteiger partial charge in [-0.1, -0.05) is 13.8 Å². The number of rotatable bonds is 6. The van der Waals surface area contributed by atoms with Crippen LogP contribution >= 0.6 is 0 Å². The summed E-state index contributed by atoms with van der Waals surface area (Å²) < 4.78 is 5.43. The smallest absolute Gasteiger partial charge is 0.0593 e. The number of nitrogens with one attached hydrogen (secondary N) is 1. The minimum atomic E-state index is 0.670. The molecule has 0 aromatic heterocycles. The van der Waals surface area contributed by atoms with Gasteiger partial charge in [0.25, 0.3) is 0 Å². The molecule has 1 heterocycles. The number of hydrogen-bond acceptors (Lipinski definition) is 3. The minimum Gasteiger partial charge on any atom is -0.380 e. The third-order valence-electron chi connectivity index (χ3n) is 3.07. The van der Waals surface area contributed by atoms with Crippen LogP contribution in [-0.4, -0.2) is 50.3 Å². The van der Waals surface area contributed by atoms with Gasteiger partial charge in [-0.05, 0) is 38.8 Å². The van der Waals surface area contributed by atoms with Crippen molar-refractivity contribution in [1.29, 1.82) is 0 Å². The molecule has 1 fully saturated rings. The van der Waals surface area contributed by atoms with Gasteiger partial charge in [0, 0.05) is 25.7 Å². The van der Waals surface area contributed by atoms with Crippen molar-refractivity contribution >= 4 is 0 Å². The van der Waals surface area contributed by atoms with E-state index in [0.717, 1.165) is 25.7 Å². The van der Waals surface area contributed by atoms with Crippen molar-refractivity contribution in [1.82, 2.24) is 10.2 Å². The van der Waals surface area contributed by atoms with E-state index < -0.39 is 0 Å². The SMILES string of the molecule is CCOCCN1CCCNC(CC(C)C)C1. The molecule has 1 N–H and O–H groups in total. The normalized spacial score (nSPS) is 23.6. The molecular formula is C13H28N2O. The Labute approximate surface area is 101 Å². The molecule has 0 bridgehead atoms. The third kappa shape index (κ3) is 5.83. The van der Waals surface area contributed by atoms with Crippen LogP contribution < -0.4 is 5.32 Å². The van der Waals surface area contributed by atoms with Crippen LogP contribution in [0.5, 0.6) is 0 Å². The van der Waals surface area contributed by atoms with Gasteiger partial charge in [-0.2, -0.15) is 0 Å². The van der Waals surface area contributed by atoms with Crippen LogP contribution in [-0.2, 0) is 4.74 Å². The molecule has 1 atom stereocenters. The van der Waals surface area contributed by atoms with Gasteiger partial charge in [0.1, 0.15) is 0 Å². The maximum absolute atomic E-state index is 5.43. The van der Waals surface area contributed by atoms with Crippen LogP contribution in [0.4, 0.5) is 0 Å². The highest BCUT2D eigenvalue weighted by Crippen LogP contribution is 2.09. The first-order chi connectivity index (χ1) is 7.72. The summed E-state index contributed by atoms with van der Waals surface area (Å²) in [6.07, 6.45) is 2.55. The predicted octanol–water partition coefficient (Wildman–Crippen LogP) is 1.73. The number of hydrogen-bond donors (Lipinski definition) is 1. The van der Waals surface area contributed by atoms with Gasteiger partial charge in [-0.3, -0.25) is 4.90 Å². The Bertz CT molecular complexity index is 173. The standard InChI is InChI=1S/C13H28N2O/c1-4-16-9-8-15-7-5-6-14-13(11-15)10-12(2)3/h12-14H,4-11H2,1-3H3. The van der Waals surface area contributed by atoms with Crippen LogP contribution in [0.3, 0.4) is 0 Å². The lowest BCUT2D eigenvalue weighted by Crippen LogP contribution is -2.39. The molecule has 0 saturated carbocycles. The van der Waals surface area contributed by atoms with Crippen LogP contribution in [0.2, 0.25) is 0 Å². The van der Waals surface area contributed by atoms with Crippen molar-refractivity contribution in [2.24, 2.45) is 5.92 Å². The molecule has 0 spiro atoms. The van der Waals surface area contributed by atoms with E-state index >= 15 is 0 Å². The quantitative estimate of drug-likeness (QED) is 0.701. The average molecular weight is 228 g/mol. The molecule has 96 valence electrons. The number of ether oxygens (including phenoxy) is 1. The minimum absolute atomic E-state index is 0.670. The van der Waals surface area contributed by atoms with E-state index in [1.54, 1.807) is 0 Å². The van der Waals surface area contributed by atoms with Crippen molar-refractivity contribution in [3.05, 3.63) is 0 Å². The lowest BCUT2D eigenvalue weighted by Gasteiger charge is -2.25. The second-order valence-corrected chi connectivity index (χ2v) is 5.13. The van der Waals surface area contributed by atoms with Gasteiger partial charge in [0.05, 0.1) is 6.61 Å². The average Bonchev–Trinajstić information content (AvgIpc) is 2.43. The summed E-state index contributed by atoms with van der Waals surface area (Å²) in [6, 6.07) is 0.670. The van der Waals surface area contributed by atoms with Crippen LogP contribution in [0.1, 0.15) is 33.6 Å². The zero-order valence-electron chi connectivity index (χ0n) is 11.2. The highest BCUT2D eigenvalue weighted by molar-refractivity contribution is 4.77. The molecule has 0 aromatic rings. The molecule has 16 heavy (non-hydrogen) atoms. The Kier molecular flexibility index (Phi) is 7.01. The van der Waals surface area contributed by atoms with Gasteiger partial charge in [-0.15, -0.1) is 0 Å². The van der Waals surface area contributed by atoms with E-state index in [1.165, 1.54) is 32.5 Å². The van der Waals surface area contributed by atoms with Gasteiger partial charge in [0.15, 0.2) is 0 Å². The first kappa shape index (κ1) is 13.9. The molecular weight excluding hydrogens is 200 g/mol. The van der Waals surface area contributed by atoms with Gasteiger partial charge in [-0.25, -0.2) is 0 Å². The Morgan fingerprint density at radius 3 is 2.94 bits per heavy atom. The van der Waals surface area contributed by atoms with E-state index in [0.29, 0.717) is 6.04 Å². The van der Waals surface area contributed by atoms with Gasteiger partial charge < -0.3 is 10.1 Å². The molecule has 3 nitrogen and oxygen atoms in total. The molecule has 0 aromatic carbocycles. The summed E-state index contributed by atoms with van der Waals surface area (Å²) in [5.41, 5.74) is 0. The summed E-state index contributed by atoms with van der Waals surface area (Å²) in [6.45, 7) is 13.0. The Morgan fingerprint density at radius 2 is 2.25 bits per heavy atom. The fourth-order valence-electron chi connectivity index (χ4n) is 2.34. The summed E-state index contributed by atoms with van der Waals surface area (Å²) in [4.78, 5) is 2.54. The van der Waals surface area contributed by atoms with Crippen molar-refractivity contribution < 1.29 is 4.74 Å². The molecule has 1 unspecified atom stereocenters. The summed E-state index contributed by atoms with van der Waals surface area (Å²) in [5.74, 6) is 0.782. The van der Waals surface area contributed by atoms with Crippen LogP contribution in [0, 0.1) is 5.92 Å². The fraction of sp³-hybridized carbons (Fsp3) is 1.00. The van der Waals surface area contributed by atoms with E-state index in [-0.39, 0.29) is 0 Å². The maximum atomic E-state index is 5.43. The highest BCUT2D eigenvalue weighted by atomic mass is 16.5. The van der Waals surface area contributed by atoms with Crippen molar-refractivity contribution in [3.63, 3.8) is 0 Å². The Balaban J connectivity index is 2.27. The topological polar surface area (TPSA) is 24.5 Å². The van der Waals surface area contributed by atoms with E-state index in [2.05, 4.69) is 31.0 Å². The molecule has 1 aliphatic heterocycles. The van der Waals surface area contributed by atoms with Gasteiger partial charge >= 0.3 is 0 Å². The zero-order valence-corrected chi connectivity index (χ0v) is 11.2. The summed E-state index contributed by atoms with van der Waals surface area (Å²) >= 11 is 0. The van der Waals surface area contributed by atoms with Gasteiger partial charge in [0.2, 0.25) is 0 Å². The van der Waals surface area contributed by atoms with E-state index in [4.69, 9.17) is 4.74 Å². The summed E-state index contributed by atoms with van der Waals surface area (Å²) in [5, 5.41) is 3.65. The van der Waals surface area contributed by atoms with Crippen LogP contribution in [0.25, 0.3) is 0 Å². The third-order valence-corrected chi connectivity index (χ3v) is 3.07. The fourth-order valence-corrected chi connectivity index (χ4v) is 2.34. The lowest BCUT2D eigenvalue weighted by molar-refractivity contribution is 0.111. The maximum Gasteiger partial charge on any atom is 0.0593 e. The molecule has 1 aliphatic rings. The highest BCUT2D eigenvalue weighted by Gasteiger charge is 2.17. The van der Waals surface area contributed by atoms with Crippen molar-refractivity contribution in [3.8, 4) is 0 Å². The molecule has 0 amide bonds. The Morgan fingerprint density at radius 1 is 1.44 bits per heavy atom. The molecule has 0 radical (unpaired) electrons. The summed E-state index contributed by atoms with van der Waals surface area (Å²) in [7, 11) is 0. The first-order valence-corrected chi connectivity index (χ1v) is 6.75. The molecule has 1 saturated heterocycles. The number of nitrogens with zero attached hydrogens (tertiary/aromatic N) is 1. The van der Waals surface area contributed by atoms with E-state index in [1.807, 2.05) is 0 Å². The molecule has 3 heteroatoms.